The van der Waals surface area contributed by atoms with Gasteiger partial charge in [-0.15, -0.1) is 0 Å². The molecule has 2 nitrogen and oxygen atoms in total. The molecule has 248 valence electrons. The van der Waals surface area contributed by atoms with E-state index in [1.54, 1.807) is 0 Å². The third kappa shape index (κ3) is 5.85. The van der Waals surface area contributed by atoms with E-state index in [0.717, 1.165) is 41.3 Å². The van der Waals surface area contributed by atoms with E-state index >= 15 is 0 Å². The van der Waals surface area contributed by atoms with Gasteiger partial charge in [-0.25, -0.2) is 0 Å². The number of rotatable bonds is 8. The molecule has 0 bridgehead atoms. The number of allylic oxidation sites excluding steroid dienone is 1. The molecular formula is C50H38N2. The maximum absolute atomic E-state index is 2.47. The number of fused-ring (bicyclic) bond motifs is 3. The minimum atomic E-state index is 0.992. The van der Waals surface area contributed by atoms with Crippen LogP contribution in [0.4, 0.5) is 34.1 Å². The van der Waals surface area contributed by atoms with Crippen LogP contribution in [0.1, 0.15) is 17.5 Å². The maximum Gasteiger partial charge on any atom is 0.0787 e. The van der Waals surface area contributed by atoms with Gasteiger partial charge in [-0.1, -0.05) is 158 Å². The molecule has 0 radical (unpaired) electrons. The first-order valence-electron chi connectivity index (χ1n) is 18.1. The van der Waals surface area contributed by atoms with Gasteiger partial charge in [0.15, 0.2) is 0 Å². The summed E-state index contributed by atoms with van der Waals surface area (Å²) in [4.78, 5) is 4.93. The van der Waals surface area contributed by atoms with Gasteiger partial charge in [0.25, 0.3) is 0 Å². The van der Waals surface area contributed by atoms with Crippen LogP contribution in [-0.4, -0.2) is 0 Å². The number of aryl methyl sites for hydroxylation is 1. The van der Waals surface area contributed by atoms with Crippen molar-refractivity contribution in [1.82, 2.24) is 0 Å². The van der Waals surface area contributed by atoms with E-state index in [-0.39, 0.29) is 0 Å². The number of para-hydroxylation sites is 2. The van der Waals surface area contributed by atoms with Gasteiger partial charge >= 0.3 is 0 Å². The normalized spacial score (nSPS) is 12.0. The van der Waals surface area contributed by atoms with Crippen LogP contribution < -0.4 is 9.80 Å². The highest BCUT2D eigenvalue weighted by Crippen LogP contribution is 2.53. The van der Waals surface area contributed by atoms with Crippen molar-refractivity contribution in [2.45, 2.75) is 12.8 Å². The van der Waals surface area contributed by atoms with Crippen LogP contribution in [0.15, 0.2) is 200 Å². The molecule has 0 aliphatic heterocycles. The Morgan fingerprint density at radius 3 is 1.21 bits per heavy atom. The monoisotopic (exact) mass is 666 g/mol. The molecule has 52 heavy (non-hydrogen) atoms. The molecule has 2 heteroatoms. The van der Waals surface area contributed by atoms with Gasteiger partial charge in [0, 0.05) is 33.7 Å². The smallest absolute Gasteiger partial charge is 0.0787 e. The summed E-state index contributed by atoms with van der Waals surface area (Å²) in [6, 6.07) is 69.9. The third-order valence-corrected chi connectivity index (χ3v) is 10.1. The summed E-state index contributed by atoms with van der Waals surface area (Å²) in [6.07, 6.45) is 6.72. The molecule has 8 aromatic rings. The standard InChI is InChI=1S/C50H38N2/c1-5-17-37(18-6-1)39-29-33-43(34-30-39)51(41-21-9-3-10-22-41)49-47-27-15-13-25-45(47)46-26-14-16-28-48(46)50(49)52(42-23-11-4-12-24-42)44-35-31-40(32-36-44)38-19-7-2-8-20-38/h1-13,15-25,27-36H,14,26H2. The van der Waals surface area contributed by atoms with Crippen LogP contribution in [0.25, 0.3) is 39.1 Å². The van der Waals surface area contributed by atoms with Crippen molar-refractivity contribution in [1.29, 1.82) is 0 Å². The van der Waals surface area contributed by atoms with Gasteiger partial charge in [-0.05, 0) is 94.6 Å². The van der Waals surface area contributed by atoms with Crippen molar-refractivity contribution in [3.05, 3.63) is 211 Å². The fourth-order valence-corrected chi connectivity index (χ4v) is 7.66. The van der Waals surface area contributed by atoms with Crippen LogP contribution in [-0.2, 0) is 6.42 Å². The van der Waals surface area contributed by atoms with Crippen LogP contribution >= 0.6 is 0 Å². The highest BCUT2D eigenvalue weighted by Gasteiger charge is 2.30. The molecule has 0 amide bonds. The molecule has 1 aliphatic carbocycles. The Kier molecular flexibility index (Phi) is 8.40. The van der Waals surface area contributed by atoms with E-state index in [0.29, 0.717) is 0 Å². The van der Waals surface area contributed by atoms with Gasteiger partial charge in [0.2, 0.25) is 0 Å². The number of benzene rings is 8. The summed E-state index contributed by atoms with van der Waals surface area (Å²) >= 11 is 0. The largest absolute Gasteiger partial charge is 0.308 e. The van der Waals surface area contributed by atoms with E-state index in [4.69, 9.17) is 0 Å². The molecule has 1 aliphatic rings. The number of hydrogen-bond donors (Lipinski definition) is 0. The Hall–Kier alpha value is -6.64. The second kappa shape index (κ2) is 13.9. The molecule has 0 aromatic heterocycles. The third-order valence-electron chi connectivity index (χ3n) is 10.1. The summed E-state index contributed by atoms with van der Waals surface area (Å²) in [5.74, 6) is 0. The van der Waals surface area contributed by atoms with Gasteiger partial charge in [-0.3, -0.25) is 0 Å². The summed E-state index contributed by atoms with van der Waals surface area (Å²) in [7, 11) is 0. The highest BCUT2D eigenvalue weighted by molar-refractivity contribution is 6.12. The zero-order chi connectivity index (χ0) is 34.7. The zero-order valence-electron chi connectivity index (χ0n) is 28.9. The lowest BCUT2D eigenvalue weighted by molar-refractivity contribution is 0.995. The Bertz CT molecular complexity index is 2470. The fraction of sp³-hybridized carbons (Fsp3) is 0.0400. The van der Waals surface area contributed by atoms with Crippen molar-refractivity contribution in [2.24, 2.45) is 0 Å². The zero-order valence-corrected chi connectivity index (χ0v) is 28.9. The minimum absolute atomic E-state index is 0.992. The van der Waals surface area contributed by atoms with Gasteiger partial charge in [-0.2, -0.15) is 0 Å². The molecule has 0 unspecified atom stereocenters. The Labute approximate surface area is 306 Å². The molecule has 0 saturated carbocycles. The molecule has 8 aromatic carbocycles. The minimum Gasteiger partial charge on any atom is -0.308 e. The molecule has 0 heterocycles. The molecule has 0 saturated heterocycles. The lowest BCUT2D eigenvalue weighted by atomic mass is 9.87. The second-order valence-corrected chi connectivity index (χ2v) is 13.2. The first-order chi connectivity index (χ1) is 25.8. The fourth-order valence-electron chi connectivity index (χ4n) is 7.66. The Morgan fingerprint density at radius 1 is 0.327 bits per heavy atom. The molecule has 9 rings (SSSR count). The maximum atomic E-state index is 2.47. The average Bonchev–Trinajstić information content (AvgIpc) is 3.24. The van der Waals surface area contributed by atoms with Gasteiger partial charge in [0.05, 0.1) is 11.4 Å². The van der Waals surface area contributed by atoms with Crippen molar-refractivity contribution in [3.8, 4) is 22.3 Å². The van der Waals surface area contributed by atoms with Crippen molar-refractivity contribution in [3.63, 3.8) is 0 Å². The van der Waals surface area contributed by atoms with Crippen molar-refractivity contribution in [2.75, 3.05) is 9.80 Å². The van der Waals surface area contributed by atoms with Crippen molar-refractivity contribution < 1.29 is 0 Å². The van der Waals surface area contributed by atoms with E-state index in [2.05, 4.69) is 216 Å². The number of anilines is 6. The van der Waals surface area contributed by atoms with Crippen LogP contribution in [0, 0.1) is 0 Å². The lowest BCUT2D eigenvalue weighted by Gasteiger charge is -2.37. The topological polar surface area (TPSA) is 6.48 Å². The average molecular weight is 667 g/mol. The van der Waals surface area contributed by atoms with E-state index in [1.165, 1.54) is 49.8 Å². The van der Waals surface area contributed by atoms with Gasteiger partial charge in [0.1, 0.15) is 0 Å². The van der Waals surface area contributed by atoms with Crippen LogP contribution in [0.2, 0.25) is 0 Å². The van der Waals surface area contributed by atoms with Crippen LogP contribution in [0.3, 0.4) is 0 Å². The van der Waals surface area contributed by atoms with Crippen LogP contribution in [0.5, 0.6) is 0 Å². The highest BCUT2D eigenvalue weighted by atomic mass is 15.2. The summed E-state index contributed by atoms with van der Waals surface area (Å²) < 4.78 is 0. The lowest BCUT2D eigenvalue weighted by Crippen LogP contribution is -2.20. The Morgan fingerprint density at radius 2 is 0.712 bits per heavy atom. The van der Waals surface area contributed by atoms with E-state index < -0.39 is 0 Å². The molecule has 0 fully saturated rings. The second-order valence-electron chi connectivity index (χ2n) is 13.2. The van der Waals surface area contributed by atoms with Crippen molar-refractivity contribution >= 4 is 51.0 Å². The SMILES string of the molecule is C1=Cc2c(N(c3ccccc3)c3ccc(-c4ccccc4)cc3)c(N(c3ccccc3)c3ccc(-c4ccccc4)cc3)c3ccccc3c2CC1. The quantitative estimate of drug-likeness (QED) is 0.149. The van der Waals surface area contributed by atoms with E-state index in [9.17, 15) is 0 Å². The molecule has 0 N–H and O–H groups in total. The first kappa shape index (κ1) is 31.3. The number of nitrogens with zero attached hydrogens (tertiary/aromatic N) is 2. The summed E-state index contributed by atoms with van der Waals surface area (Å²) in [6.45, 7) is 0. The summed E-state index contributed by atoms with van der Waals surface area (Å²) in [5, 5.41) is 2.53. The first-order valence-corrected chi connectivity index (χ1v) is 18.1. The van der Waals surface area contributed by atoms with E-state index in [1.807, 2.05) is 0 Å². The molecule has 0 atom stereocenters. The predicted molar refractivity (Wildman–Crippen MR) is 222 cm³/mol. The van der Waals surface area contributed by atoms with Gasteiger partial charge < -0.3 is 9.80 Å². The predicted octanol–water partition coefficient (Wildman–Crippen LogP) is 14.1. The number of hydrogen-bond acceptors (Lipinski definition) is 2. The Balaban J connectivity index is 1.34. The summed E-state index contributed by atoms with van der Waals surface area (Å²) in [5.41, 5.74) is 14.2. The molecule has 0 spiro atoms. The molecular weight excluding hydrogens is 629 g/mol.